The van der Waals surface area contributed by atoms with Crippen LogP contribution in [0, 0.1) is 0 Å². The second kappa shape index (κ2) is 43.5. The highest BCUT2D eigenvalue weighted by atomic mass is 33.1. The monoisotopic (exact) mass is 1540 g/mol. The van der Waals surface area contributed by atoms with Crippen LogP contribution in [0.25, 0.3) is 0 Å². The molecular formula is C59H84N16O21S6. The summed E-state index contributed by atoms with van der Waals surface area (Å²) >= 11 is 0. The fourth-order valence-corrected chi connectivity index (χ4v) is 16.4. The van der Waals surface area contributed by atoms with Gasteiger partial charge >= 0.3 is 11.9 Å². The zero-order valence-electron chi connectivity index (χ0n) is 55.0. The molecule has 2 aromatic carbocycles. The van der Waals surface area contributed by atoms with E-state index in [0.29, 0.717) is 11.1 Å². The Morgan fingerprint density at radius 2 is 1.23 bits per heavy atom. The Balaban J connectivity index is 0.0000220. The Bertz CT molecular complexity index is 3320. The van der Waals surface area contributed by atoms with Crippen molar-refractivity contribution in [1.82, 2.24) is 74.9 Å². The van der Waals surface area contributed by atoms with Crippen LogP contribution in [0.4, 0.5) is 0 Å². The number of amides is 14. The number of hydrogen-bond donors (Lipinski definition) is 20. The van der Waals surface area contributed by atoms with E-state index >= 15 is 0 Å². The van der Waals surface area contributed by atoms with Gasteiger partial charge in [0.25, 0.3) is 0 Å². The van der Waals surface area contributed by atoms with Crippen molar-refractivity contribution in [2.75, 3.05) is 54.2 Å². The summed E-state index contributed by atoms with van der Waals surface area (Å²) in [7, 11) is 5.44. The lowest BCUT2D eigenvalue weighted by molar-refractivity contribution is -0.143. The number of rotatable bonds is 15. The fraction of sp³-hybridized carbons (Fsp3) is 0.525. The minimum absolute atomic E-state index is 0. The zero-order chi connectivity index (χ0) is 74.5. The molecule has 43 heteroatoms. The summed E-state index contributed by atoms with van der Waals surface area (Å²) in [6, 6.07) is -8.07. The van der Waals surface area contributed by atoms with Crippen molar-refractivity contribution in [3.63, 3.8) is 0 Å². The molecule has 102 heavy (non-hydrogen) atoms. The minimum Gasteiger partial charge on any atom is -0.508 e. The summed E-state index contributed by atoms with van der Waals surface area (Å²) in [5, 5.41) is 80.0. The molecule has 562 valence electrons. The molecule has 0 aliphatic carbocycles. The first-order valence-electron chi connectivity index (χ1n) is 31.2. The SMILES string of the molecule is C[C@@H]1NC(=O)[C@@H]2CCCN2C(=O)[C@H](CC(N)=O)NC(=O)[C@@H](NC=O)CSSC[C@H](N)C(=O)N[C@H]2CSSC[C@H](NC1=O)C(=O)NC([C@@H](C)O)C(=O)NCC(=O)N[C@H](C(=O)N[C@@H](Cc1ccc(O)cc1)C(=O)O)CSSCCNC(=O)[C@H](Cc1ccc(O)cc1)NC(=O)[C@@H](CCC(=O)O)NC2=O.N. The van der Waals surface area contributed by atoms with Crippen molar-refractivity contribution < 1.29 is 102 Å². The number of primary amides is 1. The molecule has 3 aliphatic heterocycles. The van der Waals surface area contributed by atoms with Gasteiger partial charge in [-0.2, -0.15) is 0 Å². The molecule has 37 nitrogen and oxygen atoms in total. The largest absolute Gasteiger partial charge is 0.508 e. The van der Waals surface area contributed by atoms with E-state index in [4.69, 9.17) is 11.5 Å². The summed E-state index contributed by atoms with van der Waals surface area (Å²) in [4.78, 5) is 219. The molecule has 3 fully saturated rings. The van der Waals surface area contributed by atoms with Gasteiger partial charge in [0.1, 0.15) is 78.0 Å². The van der Waals surface area contributed by atoms with Gasteiger partial charge in [0.2, 0.25) is 83.2 Å². The lowest BCUT2D eigenvalue weighted by Gasteiger charge is -2.30. The van der Waals surface area contributed by atoms with Crippen LogP contribution in [0.3, 0.4) is 0 Å². The first-order valence-corrected chi connectivity index (χ1v) is 38.6. The topological polar surface area (TPSA) is 609 Å². The summed E-state index contributed by atoms with van der Waals surface area (Å²) in [5.41, 5.74) is 12.6. The van der Waals surface area contributed by atoms with Gasteiger partial charge in [-0.05, 0) is 68.5 Å². The van der Waals surface area contributed by atoms with Gasteiger partial charge in [-0.1, -0.05) is 89.0 Å². The van der Waals surface area contributed by atoms with E-state index in [1.807, 2.05) is 0 Å². The Morgan fingerprint density at radius 1 is 0.647 bits per heavy atom. The predicted molar refractivity (Wildman–Crippen MR) is 378 cm³/mol. The molecule has 3 heterocycles. The second-order valence-electron chi connectivity index (χ2n) is 23.0. The minimum atomic E-state index is -1.91. The number of fused-ring (bicyclic) bond motifs is 6. The van der Waals surface area contributed by atoms with Gasteiger partial charge in [-0.25, -0.2) is 4.79 Å². The predicted octanol–water partition coefficient (Wildman–Crippen LogP) is -5.53. The van der Waals surface area contributed by atoms with Crippen molar-refractivity contribution in [2.24, 2.45) is 11.5 Å². The number of nitrogens with one attached hydrogen (secondary N) is 12. The maximum absolute atomic E-state index is 14.6. The van der Waals surface area contributed by atoms with Gasteiger partial charge in [-0.15, -0.1) is 0 Å². The Kier molecular flexibility index (Phi) is 36.6. The average molecular weight is 1550 g/mol. The standard InChI is InChI=1S/C59H81N15O21S6.H3N/c1-28-48(83)71-42-26-101-100-25-41(72-49(84)34(60)22-97-99-23-39(64-27-75)52(87)69-37(20-44(61)79)58(93)74-16-3-4-43(74)56(91)65-28)54(89)67-35(13-14-46(81)82)51(86)68-36(18-30-5-9-32(77)10-6-30)50(85)62-15-17-96-98-24-40(66-45(80)21-63-57(92)47(29(2)76)73-55(42)90)53(88)70-38(59(94)95)19-31-7-11-33(78)12-8-31;/h5-12,27-29,34-43,47,76-78H,3-4,13-26,60H2,1-2H3,(H2,61,79)(H,62,85)(H,63,92)(H,64,75)(H,65,91)(H,66,80)(H,67,89)(H,68,86)(H,69,87)(H,70,88)(H,71,83)(H,72,84)(H,73,90)(H,81,82)(H,94,95);1H3/t28-,29+,34-,35+,36-,37-,38-,39-,40-,41-,42-,43-,47?;/m0./s1. The number of phenols is 2. The molecule has 1 unspecified atom stereocenters. The number of phenolic OH excluding ortho intramolecular Hbond substituents is 2. The van der Waals surface area contributed by atoms with E-state index in [1.54, 1.807) is 0 Å². The maximum atomic E-state index is 14.6. The number of aromatic hydroxyl groups is 2. The quantitative estimate of drug-likeness (QED) is 0.0584. The van der Waals surface area contributed by atoms with E-state index in [0.717, 1.165) is 76.6 Å². The third-order valence-corrected chi connectivity index (χ3v) is 22.4. The third-order valence-electron chi connectivity index (χ3n) is 15.1. The van der Waals surface area contributed by atoms with Gasteiger partial charge in [-0.3, -0.25) is 71.9 Å². The van der Waals surface area contributed by atoms with Gasteiger partial charge in [0.15, 0.2) is 0 Å². The van der Waals surface area contributed by atoms with E-state index < -0.39 is 205 Å². The summed E-state index contributed by atoms with van der Waals surface area (Å²) in [6.45, 7) is 1.17. The van der Waals surface area contributed by atoms with Crippen molar-refractivity contribution >= 4 is 160 Å². The number of carboxylic acid groups (broad SMARTS) is 2. The summed E-state index contributed by atoms with van der Waals surface area (Å²) in [6.07, 6.45) is -3.92. The van der Waals surface area contributed by atoms with E-state index in [9.17, 15) is 102 Å². The van der Waals surface area contributed by atoms with Crippen molar-refractivity contribution in [3.05, 3.63) is 59.7 Å². The number of aliphatic carboxylic acids is 2. The van der Waals surface area contributed by atoms with E-state index in [2.05, 4.69) is 63.8 Å². The number of carbonyl (C=O) groups is 16. The Hall–Kier alpha value is -8.46. The van der Waals surface area contributed by atoms with Gasteiger partial charge in [0.05, 0.1) is 25.1 Å². The van der Waals surface area contributed by atoms with Crippen LogP contribution >= 0.6 is 64.8 Å². The van der Waals surface area contributed by atoms with Crippen LogP contribution in [0.5, 0.6) is 11.5 Å². The first kappa shape index (κ1) is 85.9. The van der Waals surface area contributed by atoms with Crippen molar-refractivity contribution in [3.8, 4) is 11.5 Å². The molecule has 3 aliphatic rings. The molecule has 2 bridgehead atoms. The Labute approximate surface area is 607 Å². The van der Waals surface area contributed by atoms with Crippen LogP contribution in [0.1, 0.15) is 57.1 Å². The lowest BCUT2D eigenvalue weighted by Crippen LogP contribution is -2.61. The molecule has 0 saturated carbocycles. The number of aliphatic hydroxyl groups is 1. The van der Waals surface area contributed by atoms with Crippen LogP contribution in [-0.4, -0.2) is 258 Å². The molecular weight excluding hydrogens is 1460 g/mol. The van der Waals surface area contributed by atoms with E-state index in [1.165, 1.54) is 55.5 Å². The highest BCUT2D eigenvalue weighted by Crippen LogP contribution is 2.27. The number of carbonyl (C=O) groups excluding carboxylic acids is 14. The molecule has 14 amide bonds. The molecule has 13 atom stereocenters. The number of benzene rings is 2. The van der Waals surface area contributed by atoms with Crippen molar-refractivity contribution in [2.45, 2.75) is 137 Å². The number of carboxylic acids is 2. The highest BCUT2D eigenvalue weighted by Gasteiger charge is 2.41. The molecule has 24 N–H and O–H groups in total. The molecule has 2 aromatic rings. The lowest BCUT2D eigenvalue weighted by atomic mass is 10.0. The molecule has 0 aromatic heterocycles. The second-order valence-corrected chi connectivity index (χ2v) is 30.7. The fourth-order valence-electron chi connectivity index (χ4n) is 9.70. The smallest absolute Gasteiger partial charge is 0.326 e. The summed E-state index contributed by atoms with van der Waals surface area (Å²) in [5.74, 6) is -18.1. The number of nitrogens with zero attached hydrogens (tertiary/aromatic N) is 1. The van der Waals surface area contributed by atoms with Crippen LogP contribution in [0.15, 0.2) is 48.5 Å². The molecule has 0 radical (unpaired) electrons. The van der Waals surface area contributed by atoms with E-state index in [-0.39, 0.29) is 85.8 Å². The average Bonchev–Trinajstić information content (AvgIpc) is 1.54. The number of hydrogen-bond acceptors (Lipinski definition) is 27. The summed E-state index contributed by atoms with van der Waals surface area (Å²) < 4.78 is 0. The van der Waals surface area contributed by atoms with Crippen LogP contribution < -0.4 is 81.4 Å². The highest BCUT2D eigenvalue weighted by molar-refractivity contribution is 8.77. The third kappa shape index (κ3) is 28.8. The number of nitrogens with two attached hydrogens (primary N) is 2. The van der Waals surface area contributed by atoms with Gasteiger partial charge in [0, 0.05) is 66.9 Å². The molecule has 0 spiro atoms. The van der Waals surface area contributed by atoms with Gasteiger partial charge < -0.3 is 112 Å². The number of aliphatic hydroxyl groups excluding tert-OH is 1. The van der Waals surface area contributed by atoms with Crippen LogP contribution in [0.2, 0.25) is 0 Å². The van der Waals surface area contributed by atoms with Crippen molar-refractivity contribution in [1.29, 1.82) is 0 Å². The molecule has 3 saturated heterocycles. The zero-order valence-corrected chi connectivity index (χ0v) is 59.9. The van der Waals surface area contributed by atoms with Crippen LogP contribution in [-0.2, 0) is 89.6 Å². The molecule has 5 rings (SSSR count). The first-order chi connectivity index (χ1) is 47.9. The maximum Gasteiger partial charge on any atom is 0.326 e. The normalized spacial score (nSPS) is 25.9. The Morgan fingerprint density at radius 3 is 1.83 bits per heavy atom.